The van der Waals surface area contributed by atoms with E-state index in [9.17, 15) is 9.90 Å². The van der Waals surface area contributed by atoms with Gasteiger partial charge in [0.25, 0.3) is 5.91 Å². The van der Waals surface area contributed by atoms with E-state index in [4.69, 9.17) is 23.2 Å². The molecule has 88 valence electrons. The number of phenols is 2. The molecule has 0 unspecified atom stereocenters. The Morgan fingerprint density at radius 1 is 1.35 bits per heavy atom. The molecular weight excluding hydrogens is 260 g/mol. The summed E-state index contributed by atoms with van der Waals surface area (Å²) in [5, 5.41) is 19.4. The summed E-state index contributed by atoms with van der Waals surface area (Å²) < 4.78 is 0.282. The van der Waals surface area contributed by atoms with Gasteiger partial charge in [-0.25, -0.2) is 10.9 Å². The summed E-state index contributed by atoms with van der Waals surface area (Å²) in [6.45, 7) is 0. The first-order valence-corrected chi connectivity index (χ1v) is 5.76. The molecule has 1 amide bonds. The van der Waals surface area contributed by atoms with Gasteiger partial charge in [-0.05, 0) is 23.8 Å². The van der Waals surface area contributed by atoms with Crippen molar-refractivity contribution in [2.45, 2.75) is 0 Å². The highest BCUT2D eigenvalue weighted by atomic mass is 32.2. The monoisotopic (exact) mass is 268 g/mol. The molecule has 0 spiro atoms. The van der Waals surface area contributed by atoms with E-state index in [1.165, 1.54) is 12.1 Å². The zero-order chi connectivity index (χ0) is 12.6. The predicted molar refractivity (Wildman–Crippen MR) is 69.0 cm³/mol. The van der Waals surface area contributed by atoms with Gasteiger partial charge in [-0.1, -0.05) is 30.0 Å². The smallest absolute Gasteiger partial charge is 0.280 e. The summed E-state index contributed by atoms with van der Waals surface area (Å²) in [6.07, 6.45) is 1.55. The van der Waals surface area contributed by atoms with E-state index in [-0.39, 0.29) is 21.7 Å². The third kappa shape index (κ3) is 2.26. The number of nitrogens with two attached hydrogens (primary N) is 1. The summed E-state index contributed by atoms with van der Waals surface area (Å²) in [7, 11) is 0. The fraction of sp³-hybridized carbons (Fsp3) is 0. The van der Waals surface area contributed by atoms with Crippen LogP contribution >= 0.6 is 24.0 Å². The minimum absolute atomic E-state index is 0.214. The number of carbonyl (C=O) groups excluding carboxylic acids is 1. The van der Waals surface area contributed by atoms with Gasteiger partial charge in [0.1, 0.15) is 0 Å². The van der Waals surface area contributed by atoms with Gasteiger partial charge in [0.15, 0.2) is 15.8 Å². The van der Waals surface area contributed by atoms with Gasteiger partial charge >= 0.3 is 0 Å². The second-order valence-electron chi connectivity index (χ2n) is 3.30. The summed E-state index contributed by atoms with van der Waals surface area (Å²) in [6, 6.07) is 4.25. The lowest BCUT2D eigenvalue weighted by Gasteiger charge is -2.03. The highest BCUT2D eigenvalue weighted by molar-refractivity contribution is 8.26. The molecule has 4 N–H and O–H groups in total. The van der Waals surface area contributed by atoms with Crippen molar-refractivity contribution in [1.29, 1.82) is 0 Å². The molecule has 0 aliphatic carbocycles. The van der Waals surface area contributed by atoms with Gasteiger partial charge < -0.3 is 10.2 Å². The van der Waals surface area contributed by atoms with Crippen molar-refractivity contribution < 1.29 is 15.0 Å². The zero-order valence-corrected chi connectivity index (χ0v) is 10.1. The Labute approximate surface area is 106 Å². The van der Waals surface area contributed by atoms with Crippen LogP contribution in [0.4, 0.5) is 0 Å². The van der Waals surface area contributed by atoms with Crippen LogP contribution in [-0.2, 0) is 4.79 Å². The van der Waals surface area contributed by atoms with Gasteiger partial charge in [-0.2, -0.15) is 0 Å². The van der Waals surface area contributed by atoms with Crippen LogP contribution in [0.5, 0.6) is 11.5 Å². The number of amides is 1. The number of thiocarbonyl (C=S) groups is 1. The van der Waals surface area contributed by atoms with Crippen LogP contribution in [0.1, 0.15) is 5.56 Å². The van der Waals surface area contributed by atoms with Crippen molar-refractivity contribution in [1.82, 2.24) is 5.01 Å². The molecule has 1 aliphatic heterocycles. The predicted octanol–water partition coefficient (Wildman–Crippen LogP) is 1.17. The summed E-state index contributed by atoms with van der Waals surface area (Å²) in [5.74, 6) is 4.57. The fourth-order valence-corrected chi connectivity index (χ4v) is 2.36. The Balaban J connectivity index is 2.34. The van der Waals surface area contributed by atoms with Gasteiger partial charge in [-0.3, -0.25) is 4.79 Å². The Kier molecular flexibility index (Phi) is 3.05. The van der Waals surface area contributed by atoms with Crippen molar-refractivity contribution in [3.05, 3.63) is 28.7 Å². The van der Waals surface area contributed by atoms with Crippen LogP contribution in [-0.4, -0.2) is 25.4 Å². The lowest BCUT2D eigenvalue weighted by atomic mass is 10.2. The molecule has 1 aromatic rings. The average Bonchev–Trinajstić information content (AvgIpc) is 2.52. The van der Waals surface area contributed by atoms with E-state index < -0.39 is 0 Å². The molecule has 1 aliphatic rings. The Bertz CT molecular complexity index is 542. The molecule has 1 fully saturated rings. The van der Waals surface area contributed by atoms with Crippen molar-refractivity contribution in [3.63, 3.8) is 0 Å². The molecule has 0 bridgehead atoms. The first-order chi connectivity index (χ1) is 7.99. The second kappa shape index (κ2) is 4.36. The fourth-order valence-electron chi connectivity index (χ4n) is 1.26. The number of thioether (sulfide) groups is 1. The number of hydrazine groups is 1. The van der Waals surface area contributed by atoms with E-state index in [1.54, 1.807) is 12.1 Å². The van der Waals surface area contributed by atoms with E-state index in [1.807, 2.05) is 0 Å². The topological polar surface area (TPSA) is 86.8 Å². The quantitative estimate of drug-likeness (QED) is 0.233. The number of phenolic OH excluding ortho intramolecular Hbond substituents is 2. The molecule has 2 rings (SSSR count). The maximum Gasteiger partial charge on any atom is 0.280 e. The summed E-state index contributed by atoms with van der Waals surface area (Å²) in [4.78, 5) is 12.0. The average molecular weight is 268 g/mol. The number of rotatable bonds is 1. The van der Waals surface area contributed by atoms with Crippen LogP contribution in [0, 0.1) is 0 Å². The van der Waals surface area contributed by atoms with E-state index in [0.717, 1.165) is 16.8 Å². The van der Waals surface area contributed by atoms with Gasteiger partial charge in [0.05, 0.1) is 4.91 Å². The minimum Gasteiger partial charge on any atom is -0.504 e. The van der Waals surface area contributed by atoms with Crippen molar-refractivity contribution in [2.75, 3.05) is 0 Å². The third-order valence-electron chi connectivity index (χ3n) is 2.12. The first-order valence-electron chi connectivity index (χ1n) is 4.53. The van der Waals surface area contributed by atoms with Gasteiger partial charge in [-0.15, -0.1) is 0 Å². The Morgan fingerprint density at radius 3 is 2.59 bits per heavy atom. The number of nitrogens with zero attached hydrogens (tertiary/aromatic N) is 1. The van der Waals surface area contributed by atoms with E-state index >= 15 is 0 Å². The Hall–Kier alpha value is -1.57. The first kappa shape index (κ1) is 11.9. The number of aromatic hydroxyl groups is 2. The molecular formula is C10H8N2O3S2. The second-order valence-corrected chi connectivity index (χ2v) is 4.98. The maximum atomic E-state index is 11.6. The number of benzene rings is 1. The van der Waals surface area contributed by atoms with E-state index in [2.05, 4.69) is 0 Å². The summed E-state index contributed by atoms with van der Waals surface area (Å²) >= 11 is 5.96. The third-order valence-corrected chi connectivity index (χ3v) is 3.45. The molecule has 0 atom stereocenters. The SMILES string of the molecule is NN1C(=O)C(=Cc2ccc(O)c(O)c2)SC1=S. The Morgan fingerprint density at radius 2 is 2.06 bits per heavy atom. The zero-order valence-electron chi connectivity index (χ0n) is 8.45. The number of hydrogen-bond acceptors (Lipinski definition) is 6. The molecule has 0 aromatic heterocycles. The van der Waals surface area contributed by atoms with E-state index in [0.29, 0.717) is 10.5 Å². The van der Waals surface area contributed by atoms with Crippen LogP contribution in [0.15, 0.2) is 23.1 Å². The molecule has 7 heteroatoms. The molecule has 0 radical (unpaired) electrons. The van der Waals surface area contributed by atoms with Crippen LogP contribution in [0.3, 0.4) is 0 Å². The molecule has 1 heterocycles. The van der Waals surface area contributed by atoms with Crippen LogP contribution in [0.25, 0.3) is 6.08 Å². The van der Waals surface area contributed by atoms with Gasteiger partial charge in [0.2, 0.25) is 0 Å². The lowest BCUT2D eigenvalue weighted by molar-refractivity contribution is -0.122. The van der Waals surface area contributed by atoms with Crippen molar-refractivity contribution in [2.24, 2.45) is 5.84 Å². The maximum absolute atomic E-state index is 11.6. The lowest BCUT2D eigenvalue weighted by Crippen LogP contribution is -2.34. The van der Waals surface area contributed by atoms with Gasteiger partial charge in [0, 0.05) is 0 Å². The summed E-state index contributed by atoms with van der Waals surface area (Å²) in [5.41, 5.74) is 0.578. The molecule has 1 aromatic carbocycles. The van der Waals surface area contributed by atoms with Crippen LogP contribution in [0.2, 0.25) is 0 Å². The highest BCUT2D eigenvalue weighted by Gasteiger charge is 2.29. The normalized spacial score (nSPS) is 18.2. The van der Waals surface area contributed by atoms with Crippen molar-refractivity contribution in [3.8, 4) is 11.5 Å². The standard InChI is InChI=1S/C10H8N2O3S2/c11-12-9(15)8(17-10(12)16)4-5-1-2-6(13)7(14)3-5/h1-4,13-14H,11H2. The number of carbonyl (C=O) groups is 1. The molecule has 0 saturated carbocycles. The molecule has 5 nitrogen and oxygen atoms in total. The highest BCUT2D eigenvalue weighted by Crippen LogP contribution is 2.32. The number of hydrogen-bond donors (Lipinski definition) is 3. The molecule has 1 saturated heterocycles. The van der Waals surface area contributed by atoms with Crippen molar-refractivity contribution >= 4 is 40.3 Å². The molecule has 17 heavy (non-hydrogen) atoms. The van der Waals surface area contributed by atoms with Crippen LogP contribution < -0.4 is 5.84 Å². The minimum atomic E-state index is -0.382. The largest absolute Gasteiger partial charge is 0.504 e.